The smallest absolute Gasteiger partial charge is 0.329 e. The van der Waals surface area contributed by atoms with E-state index in [4.69, 9.17) is 14.2 Å². The van der Waals surface area contributed by atoms with Gasteiger partial charge in [-0.25, -0.2) is 4.79 Å². The quantitative estimate of drug-likeness (QED) is 0.860. The van der Waals surface area contributed by atoms with Crippen LogP contribution in [0.4, 0.5) is 0 Å². The lowest BCUT2D eigenvalue weighted by molar-refractivity contribution is -0.151. The summed E-state index contributed by atoms with van der Waals surface area (Å²) in [6.45, 7) is 0.710. The van der Waals surface area contributed by atoms with E-state index in [0.29, 0.717) is 30.3 Å². The van der Waals surface area contributed by atoms with Crippen molar-refractivity contribution in [3.05, 3.63) is 29.3 Å². The van der Waals surface area contributed by atoms with Crippen LogP contribution < -0.4 is 14.8 Å². The van der Waals surface area contributed by atoms with Crippen LogP contribution in [0, 0.1) is 0 Å². The molecule has 1 fully saturated rings. The highest BCUT2D eigenvalue weighted by molar-refractivity contribution is 6.01. The molecular weight excluding hydrogens is 314 g/mol. The van der Waals surface area contributed by atoms with Crippen LogP contribution in [0.15, 0.2) is 23.8 Å². The van der Waals surface area contributed by atoms with Gasteiger partial charge in [0.25, 0.3) is 5.91 Å². The number of carboxylic acids is 1. The molecule has 0 spiro atoms. The molecule has 3 rings (SSSR count). The number of carbonyl (C=O) groups is 2. The van der Waals surface area contributed by atoms with Crippen molar-refractivity contribution in [2.45, 2.75) is 18.4 Å². The maximum absolute atomic E-state index is 12.5. The van der Waals surface area contributed by atoms with Crippen molar-refractivity contribution >= 4 is 18.0 Å². The Morgan fingerprint density at radius 2 is 2.04 bits per heavy atom. The number of fused-ring (bicyclic) bond motifs is 1. The molecular formula is C17H19NO6. The normalized spacial score (nSPS) is 18.6. The number of carbonyl (C=O) groups excluding carboxylic acids is 1. The van der Waals surface area contributed by atoms with Crippen LogP contribution >= 0.6 is 0 Å². The van der Waals surface area contributed by atoms with E-state index in [1.165, 1.54) is 0 Å². The van der Waals surface area contributed by atoms with Crippen molar-refractivity contribution in [1.29, 1.82) is 0 Å². The van der Waals surface area contributed by atoms with Gasteiger partial charge in [-0.15, -0.1) is 0 Å². The van der Waals surface area contributed by atoms with Crippen LogP contribution in [0.5, 0.6) is 11.5 Å². The highest BCUT2D eigenvalue weighted by Crippen LogP contribution is 2.30. The van der Waals surface area contributed by atoms with Crippen molar-refractivity contribution in [1.82, 2.24) is 5.32 Å². The molecule has 1 amide bonds. The molecule has 0 unspecified atom stereocenters. The van der Waals surface area contributed by atoms with Gasteiger partial charge in [0.05, 0.1) is 12.7 Å². The number of rotatable bonds is 4. The van der Waals surface area contributed by atoms with Crippen molar-refractivity contribution in [3.63, 3.8) is 0 Å². The lowest BCUT2D eigenvalue weighted by Gasteiger charge is -2.34. The van der Waals surface area contributed by atoms with E-state index in [2.05, 4.69) is 5.32 Å². The number of carboxylic acid groups (broad SMARTS) is 1. The molecule has 0 aromatic heterocycles. The lowest BCUT2D eigenvalue weighted by atomic mass is 9.89. The minimum atomic E-state index is -1.29. The first kappa shape index (κ1) is 16.3. The first-order valence-electron chi connectivity index (χ1n) is 7.69. The highest BCUT2D eigenvalue weighted by atomic mass is 16.5. The molecule has 0 saturated carbocycles. The molecule has 0 radical (unpaired) electrons. The van der Waals surface area contributed by atoms with Crippen molar-refractivity contribution < 1.29 is 28.9 Å². The third kappa shape index (κ3) is 3.07. The summed E-state index contributed by atoms with van der Waals surface area (Å²) in [4.78, 5) is 24.2. The second-order valence-corrected chi connectivity index (χ2v) is 5.82. The van der Waals surface area contributed by atoms with Gasteiger partial charge in [0, 0.05) is 31.6 Å². The van der Waals surface area contributed by atoms with Crippen LogP contribution in [-0.4, -0.2) is 49.5 Å². The Kier molecular flexibility index (Phi) is 4.44. The minimum Gasteiger partial charge on any atom is -0.497 e. The minimum absolute atomic E-state index is 0.0946. The third-order valence-corrected chi connectivity index (χ3v) is 4.33. The fraction of sp³-hybridized carbons (Fsp3) is 0.412. The van der Waals surface area contributed by atoms with E-state index in [1.807, 2.05) is 0 Å². The Morgan fingerprint density at radius 1 is 1.29 bits per heavy atom. The van der Waals surface area contributed by atoms with E-state index >= 15 is 0 Å². The molecule has 1 aromatic rings. The van der Waals surface area contributed by atoms with Crippen LogP contribution in [0.1, 0.15) is 18.4 Å². The fourth-order valence-electron chi connectivity index (χ4n) is 2.82. The molecule has 1 aromatic carbocycles. The number of amides is 1. The Morgan fingerprint density at radius 3 is 2.71 bits per heavy atom. The highest BCUT2D eigenvalue weighted by Gasteiger charge is 2.42. The molecule has 2 aliphatic heterocycles. The van der Waals surface area contributed by atoms with Gasteiger partial charge in [-0.05, 0) is 24.3 Å². The molecule has 2 aliphatic rings. The molecule has 7 nitrogen and oxygen atoms in total. The van der Waals surface area contributed by atoms with Crippen molar-refractivity contribution in [2.75, 3.05) is 26.9 Å². The fourth-order valence-corrected chi connectivity index (χ4v) is 2.82. The molecule has 1 saturated heterocycles. The Bertz CT molecular complexity index is 690. The van der Waals surface area contributed by atoms with Gasteiger partial charge in [-0.1, -0.05) is 0 Å². The number of hydrogen-bond acceptors (Lipinski definition) is 5. The number of aliphatic carboxylic acids is 1. The predicted octanol–water partition coefficient (Wildman–Crippen LogP) is 1.22. The van der Waals surface area contributed by atoms with Crippen molar-refractivity contribution in [2.24, 2.45) is 0 Å². The topological polar surface area (TPSA) is 94.1 Å². The van der Waals surface area contributed by atoms with Gasteiger partial charge in [0.1, 0.15) is 23.6 Å². The summed E-state index contributed by atoms with van der Waals surface area (Å²) in [5.41, 5.74) is -0.185. The Hall–Kier alpha value is -2.54. The number of ether oxygens (including phenoxy) is 3. The molecule has 0 bridgehead atoms. The maximum atomic E-state index is 12.5. The van der Waals surface area contributed by atoms with E-state index in [9.17, 15) is 14.7 Å². The number of nitrogens with one attached hydrogen (secondary N) is 1. The van der Waals surface area contributed by atoms with E-state index in [0.717, 1.165) is 5.56 Å². The predicted molar refractivity (Wildman–Crippen MR) is 85.0 cm³/mol. The van der Waals surface area contributed by atoms with Gasteiger partial charge >= 0.3 is 5.97 Å². The van der Waals surface area contributed by atoms with Gasteiger partial charge in [-0.3, -0.25) is 4.79 Å². The lowest BCUT2D eigenvalue weighted by Crippen LogP contribution is -2.58. The van der Waals surface area contributed by atoms with Crippen LogP contribution in [0.2, 0.25) is 0 Å². The van der Waals surface area contributed by atoms with Gasteiger partial charge in [-0.2, -0.15) is 0 Å². The largest absolute Gasteiger partial charge is 0.497 e. The molecule has 24 heavy (non-hydrogen) atoms. The second kappa shape index (κ2) is 6.52. The summed E-state index contributed by atoms with van der Waals surface area (Å²) in [6.07, 6.45) is 2.19. The van der Waals surface area contributed by atoms with Crippen LogP contribution in [0.3, 0.4) is 0 Å². The monoisotopic (exact) mass is 333 g/mol. The molecule has 7 heteroatoms. The third-order valence-electron chi connectivity index (χ3n) is 4.33. The zero-order valence-corrected chi connectivity index (χ0v) is 13.3. The van der Waals surface area contributed by atoms with Crippen LogP contribution in [0.25, 0.3) is 6.08 Å². The first-order valence-corrected chi connectivity index (χ1v) is 7.69. The van der Waals surface area contributed by atoms with Gasteiger partial charge in [0.2, 0.25) is 0 Å². The molecule has 0 atom stereocenters. The first-order chi connectivity index (χ1) is 11.5. The number of benzene rings is 1. The number of hydrogen-bond donors (Lipinski definition) is 2. The summed E-state index contributed by atoms with van der Waals surface area (Å²) in [7, 11) is 1.56. The average Bonchev–Trinajstić information content (AvgIpc) is 2.61. The second-order valence-electron chi connectivity index (χ2n) is 5.82. The van der Waals surface area contributed by atoms with Gasteiger partial charge < -0.3 is 24.6 Å². The SMILES string of the molecule is COc1ccc2c(c1)C=C(C(=O)NC1(C(=O)O)CCOCC1)CO2. The molecule has 2 heterocycles. The van der Waals surface area contributed by atoms with Gasteiger partial charge in [0.15, 0.2) is 0 Å². The van der Waals surface area contributed by atoms with E-state index in [1.54, 1.807) is 31.4 Å². The standard InChI is InChI=1S/C17H19NO6/c1-22-13-2-3-14-11(9-13)8-12(10-24-14)15(19)18-17(16(20)21)4-6-23-7-5-17/h2-3,8-9H,4-7,10H2,1H3,(H,18,19)(H,20,21). The van der Waals surface area contributed by atoms with Crippen LogP contribution in [-0.2, 0) is 14.3 Å². The zero-order chi connectivity index (χ0) is 17.2. The summed E-state index contributed by atoms with van der Waals surface area (Å²) < 4.78 is 16.0. The molecule has 128 valence electrons. The number of methoxy groups -OCH3 is 1. The average molecular weight is 333 g/mol. The maximum Gasteiger partial charge on any atom is 0.329 e. The van der Waals surface area contributed by atoms with Crippen molar-refractivity contribution in [3.8, 4) is 11.5 Å². The zero-order valence-electron chi connectivity index (χ0n) is 13.3. The Balaban J connectivity index is 1.82. The summed E-state index contributed by atoms with van der Waals surface area (Å²) in [5, 5.41) is 12.2. The Labute approximate surface area is 139 Å². The summed E-state index contributed by atoms with van der Waals surface area (Å²) in [6, 6.07) is 5.32. The van der Waals surface area contributed by atoms with E-state index < -0.39 is 17.4 Å². The van der Waals surface area contributed by atoms with E-state index in [-0.39, 0.29) is 19.4 Å². The summed E-state index contributed by atoms with van der Waals surface area (Å²) >= 11 is 0. The molecule has 0 aliphatic carbocycles. The summed E-state index contributed by atoms with van der Waals surface area (Å²) in [5.74, 6) is -0.167. The molecule has 2 N–H and O–H groups in total.